The van der Waals surface area contributed by atoms with Crippen LogP contribution < -0.4 is 4.74 Å². The third kappa shape index (κ3) is 2.12. The fourth-order valence-corrected chi connectivity index (χ4v) is 1.62. The fourth-order valence-electron chi connectivity index (χ4n) is 1.62. The molecule has 0 fully saturated rings. The van der Waals surface area contributed by atoms with Crippen LogP contribution in [0.5, 0.6) is 5.75 Å². The second kappa shape index (κ2) is 4.34. The molecule has 2 aromatic heterocycles. The molecule has 3 nitrogen and oxygen atoms in total. The molecule has 80 valence electrons. The second-order valence-electron chi connectivity index (χ2n) is 3.68. The molecule has 0 radical (unpaired) electrons. The highest BCUT2D eigenvalue weighted by molar-refractivity contribution is 5.49. The van der Waals surface area contributed by atoms with E-state index in [1.54, 1.807) is 7.11 Å². The number of rotatable bonds is 4. The summed E-state index contributed by atoms with van der Waals surface area (Å²) in [5.74, 6) is 0.840. The Morgan fingerprint density at radius 3 is 3.00 bits per heavy atom. The lowest BCUT2D eigenvalue weighted by molar-refractivity contribution is 0.411. The van der Waals surface area contributed by atoms with Crippen molar-refractivity contribution in [3.63, 3.8) is 0 Å². The van der Waals surface area contributed by atoms with E-state index in [9.17, 15) is 0 Å². The Hall–Kier alpha value is -1.51. The molecule has 0 atom stereocenters. The molecule has 0 aliphatic heterocycles. The quantitative estimate of drug-likeness (QED) is 0.765. The van der Waals surface area contributed by atoms with Crippen LogP contribution >= 0.6 is 0 Å². The second-order valence-corrected chi connectivity index (χ2v) is 3.68. The summed E-state index contributed by atoms with van der Waals surface area (Å²) in [7, 11) is 1.67. The van der Waals surface area contributed by atoms with E-state index in [-0.39, 0.29) is 0 Å². The molecular formula is C12H16N2O. The molecule has 0 bridgehead atoms. The molecule has 3 heteroatoms. The molecule has 0 saturated heterocycles. The van der Waals surface area contributed by atoms with Crippen LogP contribution in [-0.4, -0.2) is 16.7 Å². The summed E-state index contributed by atoms with van der Waals surface area (Å²) in [6.45, 7) is 2.19. The highest BCUT2D eigenvalue weighted by Gasteiger charge is 2.01. The number of unbranched alkanes of at least 4 members (excludes halogenated alkanes) is 1. The third-order valence-corrected chi connectivity index (χ3v) is 2.51. The number of aromatic nitrogens is 2. The summed E-state index contributed by atoms with van der Waals surface area (Å²) >= 11 is 0. The van der Waals surface area contributed by atoms with Gasteiger partial charge in [-0.05, 0) is 31.0 Å². The summed E-state index contributed by atoms with van der Waals surface area (Å²) < 4.78 is 7.03. The summed E-state index contributed by atoms with van der Waals surface area (Å²) in [4.78, 5) is 0. The number of nitrogens with zero attached hydrogens (tertiary/aromatic N) is 2. The molecular weight excluding hydrogens is 188 g/mol. The van der Waals surface area contributed by atoms with E-state index in [4.69, 9.17) is 4.74 Å². The lowest BCUT2D eigenvalue weighted by Crippen LogP contribution is -1.91. The van der Waals surface area contributed by atoms with Gasteiger partial charge >= 0.3 is 0 Å². The van der Waals surface area contributed by atoms with E-state index < -0.39 is 0 Å². The van der Waals surface area contributed by atoms with Crippen LogP contribution in [0.15, 0.2) is 24.4 Å². The average Bonchev–Trinajstić information content (AvgIpc) is 2.67. The highest BCUT2D eigenvalue weighted by atomic mass is 16.5. The van der Waals surface area contributed by atoms with Gasteiger partial charge in [-0.1, -0.05) is 13.3 Å². The van der Waals surface area contributed by atoms with E-state index in [1.165, 1.54) is 12.8 Å². The molecule has 0 aromatic carbocycles. The summed E-state index contributed by atoms with van der Waals surface area (Å²) in [5, 5.41) is 4.50. The predicted molar refractivity (Wildman–Crippen MR) is 60.4 cm³/mol. The van der Waals surface area contributed by atoms with E-state index in [0.29, 0.717) is 0 Å². The van der Waals surface area contributed by atoms with Crippen LogP contribution in [0.1, 0.15) is 25.5 Å². The molecule has 2 heterocycles. The van der Waals surface area contributed by atoms with E-state index in [0.717, 1.165) is 23.4 Å². The van der Waals surface area contributed by atoms with Crippen LogP contribution in [0.3, 0.4) is 0 Å². The van der Waals surface area contributed by atoms with Crippen molar-refractivity contribution in [3.8, 4) is 5.75 Å². The number of hydrogen-bond donors (Lipinski definition) is 0. The van der Waals surface area contributed by atoms with Gasteiger partial charge in [0.05, 0.1) is 24.5 Å². The first kappa shape index (κ1) is 10.0. The fraction of sp³-hybridized carbons (Fsp3) is 0.417. The van der Waals surface area contributed by atoms with Crippen molar-refractivity contribution < 1.29 is 4.74 Å². The van der Waals surface area contributed by atoms with Gasteiger partial charge in [0, 0.05) is 0 Å². The van der Waals surface area contributed by atoms with Crippen molar-refractivity contribution >= 4 is 5.52 Å². The molecule has 0 amide bonds. The molecule has 2 aromatic rings. The minimum atomic E-state index is 0.840. The number of ether oxygens (including phenoxy) is 1. The zero-order valence-electron chi connectivity index (χ0n) is 9.23. The number of fused-ring (bicyclic) bond motifs is 1. The zero-order chi connectivity index (χ0) is 10.7. The first-order valence-electron chi connectivity index (χ1n) is 5.36. The van der Waals surface area contributed by atoms with Crippen molar-refractivity contribution in [2.45, 2.75) is 26.2 Å². The number of methoxy groups -OCH3 is 1. The lowest BCUT2D eigenvalue weighted by Gasteiger charge is -1.98. The van der Waals surface area contributed by atoms with Crippen molar-refractivity contribution in [3.05, 3.63) is 30.1 Å². The van der Waals surface area contributed by atoms with E-state index >= 15 is 0 Å². The topological polar surface area (TPSA) is 26.5 Å². The summed E-state index contributed by atoms with van der Waals surface area (Å²) in [6, 6.07) is 6.12. The Morgan fingerprint density at radius 2 is 2.27 bits per heavy atom. The minimum absolute atomic E-state index is 0.840. The summed E-state index contributed by atoms with van der Waals surface area (Å²) in [6.07, 6.45) is 5.36. The summed E-state index contributed by atoms with van der Waals surface area (Å²) in [5.41, 5.74) is 2.28. The molecule has 0 saturated carbocycles. The maximum atomic E-state index is 5.15. The minimum Gasteiger partial charge on any atom is -0.495 e. The molecule has 0 N–H and O–H groups in total. The number of hydrogen-bond acceptors (Lipinski definition) is 2. The van der Waals surface area contributed by atoms with Gasteiger partial charge in [0.1, 0.15) is 5.75 Å². The van der Waals surface area contributed by atoms with Gasteiger partial charge in [-0.25, -0.2) is 4.52 Å². The Bertz CT molecular complexity index is 448. The zero-order valence-corrected chi connectivity index (χ0v) is 9.23. The van der Waals surface area contributed by atoms with Gasteiger partial charge in [0.25, 0.3) is 0 Å². The SMILES string of the molecule is CCCCc1cc2ccc(OC)cn2n1. The first-order chi connectivity index (χ1) is 7.33. The maximum absolute atomic E-state index is 5.15. The molecule has 0 aliphatic carbocycles. The van der Waals surface area contributed by atoms with E-state index in [1.807, 2.05) is 22.8 Å². The van der Waals surface area contributed by atoms with Gasteiger partial charge < -0.3 is 4.74 Å². The highest BCUT2D eigenvalue weighted by Crippen LogP contribution is 2.14. The molecule has 0 aliphatic rings. The van der Waals surface area contributed by atoms with Crippen molar-refractivity contribution in [2.24, 2.45) is 0 Å². The largest absolute Gasteiger partial charge is 0.495 e. The van der Waals surface area contributed by atoms with Crippen LogP contribution in [0, 0.1) is 0 Å². The predicted octanol–water partition coefficient (Wildman–Crippen LogP) is 2.69. The smallest absolute Gasteiger partial charge is 0.137 e. The van der Waals surface area contributed by atoms with Crippen LogP contribution in [0.4, 0.5) is 0 Å². The number of aryl methyl sites for hydroxylation is 1. The monoisotopic (exact) mass is 204 g/mol. The molecule has 2 rings (SSSR count). The normalized spacial score (nSPS) is 10.8. The Kier molecular flexibility index (Phi) is 2.90. The van der Waals surface area contributed by atoms with Gasteiger partial charge in [-0.15, -0.1) is 0 Å². The lowest BCUT2D eigenvalue weighted by atomic mass is 10.2. The van der Waals surface area contributed by atoms with Gasteiger partial charge in [-0.3, -0.25) is 0 Å². The maximum Gasteiger partial charge on any atom is 0.137 e. The first-order valence-corrected chi connectivity index (χ1v) is 5.36. The van der Waals surface area contributed by atoms with E-state index in [2.05, 4.69) is 18.1 Å². The van der Waals surface area contributed by atoms with Crippen molar-refractivity contribution in [1.82, 2.24) is 9.61 Å². The van der Waals surface area contributed by atoms with Crippen molar-refractivity contribution in [2.75, 3.05) is 7.11 Å². The van der Waals surface area contributed by atoms with Crippen LogP contribution in [-0.2, 0) is 6.42 Å². The molecule has 0 spiro atoms. The van der Waals surface area contributed by atoms with Gasteiger partial charge in [-0.2, -0.15) is 5.10 Å². The Morgan fingerprint density at radius 1 is 1.40 bits per heavy atom. The van der Waals surface area contributed by atoms with Crippen LogP contribution in [0.25, 0.3) is 5.52 Å². The molecule has 0 unspecified atom stereocenters. The van der Waals surface area contributed by atoms with Gasteiger partial charge in [0.2, 0.25) is 0 Å². The average molecular weight is 204 g/mol. The molecule has 15 heavy (non-hydrogen) atoms. The Balaban J connectivity index is 2.29. The standard InChI is InChI=1S/C12H16N2O/c1-3-4-5-10-8-11-6-7-12(15-2)9-14(11)13-10/h6-9H,3-5H2,1-2H3. The van der Waals surface area contributed by atoms with Crippen LogP contribution in [0.2, 0.25) is 0 Å². The van der Waals surface area contributed by atoms with Gasteiger partial charge in [0.15, 0.2) is 0 Å². The number of pyridine rings is 1. The third-order valence-electron chi connectivity index (χ3n) is 2.51. The van der Waals surface area contributed by atoms with Crippen molar-refractivity contribution in [1.29, 1.82) is 0 Å². The Labute approximate surface area is 89.7 Å².